The highest BCUT2D eigenvalue weighted by Gasteiger charge is 2.19. The fourth-order valence-electron chi connectivity index (χ4n) is 3.12. The molecule has 1 aromatic carbocycles. The summed E-state index contributed by atoms with van der Waals surface area (Å²) < 4.78 is 23.2. The number of anilines is 1. The Bertz CT molecular complexity index is 1230. The number of ether oxygens (including phenoxy) is 1. The van der Waals surface area contributed by atoms with Crippen molar-refractivity contribution in [1.29, 1.82) is 0 Å². The Morgan fingerprint density at radius 3 is 2.50 bits per heavy atom. The van der Waals surface area contributed by atoms with E-state index in [-0.39, 0.29) is 21.8 Å². The molecule has 0 spiro atoms. The summed E-state index contributed by atoms with van der Waals surface area (Å²) in [6.45, 7) is 8.08. The first-order chi connectivity index (χ1) is 16.3. The fourth-order valence-corrected chi connectivity index (χ4v) is 3.27. The predicted molar refractivity (Wildman–Crippen MR) is 131 cm³/mol. The lowest BCUT2D eigenvalue weighted by atomic mass is 10.1. The van der Waals surface area contributed by atoms with Gasteiger partial charge < -0.3 is 9.64 Å². The van der Waals surface area contributed by atoms with Crippen LogP contribution in [0.4, 0.5) is 10.2 Å². The molecular formula is C24H28ClFN6O2. The number of hydrogen-bond donors (Lipinski definition) is 0. The van der Waals surface area contributed by atoms with Gasteiger partial charge in [0.15, 0.2) is 5.49 Å². The molecule has 1 aliphatic heterocycles. The van der Waals surface area contributed by atoms with Gasteiger partial charge in [-0.05, 0) is 45.0 Å². The fraction of sp³-hybridized carbons (Fsp3) is 0.333. The van der Waals surface area contributed by atoms with E-state index >= 15 is 0 Å². The largest absolute Gasteiger partial charge is 0.378 e. The summed E-state index contributed by atoms with van der Waals surface area (Å²) in [7, 11) is 1.89. The summed E-state index contributed by atoms with van der Waals surface area (Å²) in [6.07, 6.45) is 5.91. The van der Waals surface area contributed by atoms with Crippen molar-refractivity contribution in [3.8, 4) is 11.3 Å². The van der Waals surface area contributed by atoms with Crippen LogP contribution in [-0.4, -0.2) is 52.0 Å². The Kier molecular flexibility index (Phi) is 8.72. The van der Waals surface area contributed by atoms with Gasteiger partial charge in [0.25, 0.3) is 0 Å². The zero-order valence-electron chi connectivity index (χ0n) is 19.7. The average molecular weight is 487 g/mol. The highest BCUT2D eigenvalue weighted by atomic mass is 35.5. The van der Waals surface area contributed by atoms with Crippen LogP contribution in [0.5, 0.6) is 0 Å². The third-order valence-corrected chi connectivity index (χ3v) is 5.44. The second-order valence-corrected chi connectivity index (χ2v) is 8.32. The normalized spacial score (nSPS) is 13.8. The van der Waals surface area contributed by atoms with E-state index in [1.807, 2.05) is 45.0 Å². The van der Waals surface area contributed by atoms with Crippen LogP contribution >= 0.6 is 11.6 Å². The van der Waals surface area contributed by atoms with E-state index < -0.39 is 5.82 Å². The van der Waals surface area contributed by atoms with Crippen molar-refractivity contribution in [2.24, 2.45) is 12.0 Å². The molecule has 3 heterocycles. The van der Waals surface area contributed by atoms with Crippen molar-refractivity contribution in [2.75, 3.05) is 31.2 Å². The molecule has 0 N–H and O–H groups in total. The highest BCUT2D eigenvalue weighted by molar-refractivity contribution is 6.30. The van der Waals surface area contributed by atoms with E-state index in [9.17, 15) is 9.18 Å². The molecule has 3 aromatic rings. The number of morpholine rings is 1. The molecule has 1 saturated heterocycles. The van der Waals surface area contributed by atoms with Crippen LogP contribution in [0.1, 0.15) is 20.8 Å². The molecule has 1 fully saturated rings. The topological polar surface area (TPSA) is 77.5 Å². The summed E-state index contributed by atoms with van der Waals surface area (Å²) in [5.74, 6) is 0.0384. The number of allylic oxidation sites excluding steroid dienone is 2. The van der Waals surface area contributed by atoms with Crippen molar-refractivity contribution in [3.63, 3.8) is 0 Å². The van der Waals surface area contributed by atoms with Crippen LogP contribution < -0.4 is 10.4 Å². The predicted octanol–water partition coefficient (Wildman–Crippen LogP) is 3.85. The first-order valence-electron chi connectivity index (χ1n) is 10.8. The SMILES string of the molecule is CC(C)=C(C)N=c1c(-c2ccc(Cl)cc2F)nc(N2CCOCC2)cn1C=O.Cn1cccn1. The number of nitrogens with zero attached hydrogens (tertiary/aromatic N) is 6. The maximum Gasteiger partial charge on any atom is 0.219 e. The first-order valence-corrected chi connectivity index (χ1v) is 11.2. The van der Waals surface area contributed by atoms with Crippen molar-refractivity contribution in [3.05, 3.63) is 70.5 Å². The monoisotopic (exact) mass is 486 g/mol. The van der Waals surface area contributed by atoms with Crippen molar-refractivity contribution in [2.45, 2.75) is 20.8 Å². The van der Waals surface area contributed by atoms with E-state index in [0.717, 1.165) is 11.3 Å². The number of halogens is 2. The molecule has 0 radical (unpaired) electrons. The summed E-state index contributed by atoms with van der Waals surface area (Å²) in [4.78, 5) is 23.1. The number of benzene rings is 1. The van der Waals surface area contributed by atoms with Gasteiger partial charge in [0, 0.05) is 48.8 Å². The third kappa shape index (κ3) is 6.39. The number of hydrogen-bond acceptors (Lipinski definition) is 6. The summed E-state index contributed by atoms with van der Waals surface area (Å²) in [5.41, 5.74) is 2.50. The second kappa shape index (κ2) is 11.7. The van der Waals surface area contributed by atoms with Crippen LogP contribution in [0.3, 0.4) is 0 Å². The molecule has 8 nitrogen and oxygen atoms in total. The molecule has 0 atom stereocenters. The molecular weight excluding hydrogens is 459 g/mol. The van der Waals surface area contributed by atoms with Crippen molar-refractivity contribution in [1.82, 2.24) is 19.3 Å². The molecule has 0 unspecified atom stereocenters. The van der Waals surface area contributed by atoms with Crippen LogP contribution in [0, 0.1) is 5.82 Å². The maximum atomic E-state index is 14.7. The highest BCUT2D eigenvalue weighted by Crippen LogP contribution is 2.24. The second-order valence-electron chi connectivity index (χ2n) is 7.88. The molecule has 4 rings (SSSR count). The smallest absolute Gasteiger partial charge is 0.219 e. The van der Waals surface area contributed by atoms with Crippen molar-refractivity contribution >= 4 is 23.8 Å². The lowest BCUT2D eigenvalue weighted by molar-refractivity contribution is 0.122. The van der Waals surface area contributed by atoms with Gasteiger partial charge in [-0.3, -0.25) is 14.0 Å². The van der Waals surface area contributed by atoms with Gasteiger partial charge in [0.1, 0.15) is 17.3 Å². The average Bonchev–Trinajstić information content (AvgIpc) is 3.31. The molecule has 10 heteroatoms. The number of rotatable bonds is 4. The van der Waals surface area contributed by atoms with Gasteiger partial charge in [-0.1, -0.05) is 17.2 Å². The van der Waals surface area contributed by atoms with E-state index in [4.69, 9.17) is 16.3 Å². The Labute approximate surface area is 203 Å². The minimum atomic E-state index is -0.525. The van der Waals surface area contributed by atoms with Crippen molar-refractivity contribution < 1.29 is 13.9 Å². The lowest BCUT2D eigenvalue weighted by Crippen LogP contribution is -2.38. The lowest BCUT2D eigenvalue weighted by Gasteiger charge is -2.28. The van der Waals surface area contributed by atoms with Gasteiger partial charge >= 0.3 is 0 Å². The van der Waals surface area contributed by atoms with Gasteiger partial charge in [-0.25, -0.2) is 14.4 Å². The number of aromatic nitrogens is 4. The van der Waals surface area contributed by atoms with E-state index in [1.165, 1.54) is 10.6 Å². The molecule has 2 aromatic heterocycles. The zero-order valence-corrected chi connectivity index (χ0v) is 20.5. The number of carbonyl (C=O) groups is 1. The zero-order chi connectivity index (χ0) is 24.7. The Morgan fingerprint density at radius 1 is 1.24 bits per heavy atom. The molecule has 0 aliphatic carbocycles. The molecule has 1 aliphatic rings. The van der Waals surface area contributed by atoms with Crippen LogP contribution in [0.25, 0.3) is 11.3 Å². The quantitative estimate of drug-likeness (QED) is 0.523. The maximum absolute atomic E-state index is 14.7. The van der Waals surface area contributed by atoms with Crippen LogP contribution in [0.15, 0.2) is 59.1 Å². The minimum absolute atomic E-state index is 0.232. The first kappa shape index (κ1) is 25.3. The van der Waals surface area contributed by atoms with Crippen LogP contribution in [0.2, 0.25) is 5.02 Å². The number of carbonyl (C=O) groups excluding carboxylic acids is 1. The third-order valence-electron chi connectivity index (χ3n) is 5.21. The van der Waals surface area contributed by atoms with Gasteiger partial charge in [0.05, 0.1) is 19.4 Å². The summed E-state index contributed by atoms with van der Waals surface area (Å²) >= 11 is 5.91. The standard InChI is InChI=1S/C20H22ClFN4O2.C4H6N2/c1-13(2)14(3)23-20-19(16-5-4-15(21)10-17(16)22)24-18(11-26(20)12-27)25-6-8-28-9-7-25;1-6-4-2-3-5-6/h4-5,10-12H,6-9H2,1-3H3;2-4H,1H3. The summed E-state index contributed by atoms with van der Waals surface area (Å²) in [5, 5.41) is 4.12. The van der Waals surface area contributed by atoms with E-state index in [1.54, 1.807) is 29.2 Å². The van der Waals surface area contributed by atoms with Crippen LogP contribution in [-0.2, 0) is 16.6 Å². The van der Waals surface area contributed by atoms with Gasteiger partial charge in [-0.15, -0.1) is 0 Å². The molecule has 0 bridgehead atoms. The van der Waals surface area contributed by atoms with E-state index in [2.05, 4.69) is 15.1 Å². The molecule has 34 heavy (non-hydrogen) atoms. The summed E-state index contributed by atoms with van der Waals surface area (Å²) in [6, 6.07) is 6.25. The molecule has 0 amide bonds. The number of aryl methyl sites for hydroxylation is 1. The molecule has 180 valence electrons. The van der Waals surface area contributed by atoms with Gasteiger partial charge in [0.2, 0.25) is 6.41 Å². The Balaban J connectivity index is 0.000000469. The van der Waals surface area contributed by atoms with E-state index in [0.29, 0.717) is 38.5 Å². The Morgan fingerprint density at radius 2 is 1.97 bits per heavy atom. The Hall–Kier alpha value is -3.30. The molecule has 0 saturated carbocycles. The van der Waals surface area contributed by atoms with Gasteiger partial charge in [-0.2, -0.15) is 5.10 Å². The minimum Gasteiger partial charge on any atom is -0.378 e.